The van der Waals surface area contributed by atoms with Gasteiger partial charge >= 0.3 is 18.0 Å². The van der Waals surface area contributed by atoms with Crippen LogP contribution < -0.4 is 15.5 Å². The Hall–Kier alpha value is -4.33. The smallest absolute Gasteiger partial charge is 0.407 e. The van der Waals surface area contributed by atoms with E-state index in [1.807, 2.05) is 37.4 Å². The van der Waals surface area contributed by atoms with E-state index >= 15 is 0 Å². The van der Waals surface area contributed by atoms with Crippen LogP contribution in [0.4, 0.5) is 4.79 Å². The summed E-state index contributed by atoms with van der Waals surface area (Å²) in [6.07, 6.45) is -6.86. The quantitative estimate of drug-likeness (QED) is 0.0913. The van der Waals surface area contributed by atoms with Crippen LogP contribution in [0.5, 0.6) is 5.75 Å². The second kappa shape index (κ2) is 26.7. The van der Waals surface area contributed by atoms with Crippen molar-refractivity contribution in [1.29, 1.82) is 0 Å². The molecule has 0 radical (unpaired) electrons. The number of ether oxygens (including phenoxy) is 10. The molecule has 4 aliphatic rings. The topological polar surface area (TPSA) is 279 Å². The van der Waals surface area contributed by atoms with Crippen LogP contribution in [0.3, 0.4) is 0 Å². The lowest BCUT2D eigenvalue weighted by atomic mass is 9.74. The summed E-state index contributed by atoms with van der Waals surface area (Å²) in [6, 6.07) is 4.87. The number of pyridine rings is 1. The van der Waals surface area contributed by atoms with E-state index in [-0.39, 0.29) is 80.5 Å². The van der Waals surface area contributed by atoms with Crippen LogP contribution in [-0.4, -0.2) is 193 Å². The second-order valence-corrected chi connectivity index (χ2v) is 23.2. The van der Waals surface area contributed by atoms with Gasteiger partial charge in [-0.25, -0.2) is 9.59 Å². The molecule has 22 nitrogen and oxygen atoms in total. The molecule has 2 unspecified atom stereocenters. The summed E-state index contributed by atoms with van der Waals surface area (Å²) in [4.78, 5) is 68.8. The number of carbonyl (C=O) groups is 4. The Labute approximate surface area is 463 Å². The van der Waals surface area contributed by atoms with Gasteiger partial charge in [-0.1, -0.05) is 27.7 Å². The Balaban J connectivity index is 1.13. The molecule has 79 heavy (non-hydrogen) atoms. The van der Waals surface area contributed by atoms with Crippen LogP contribution in [0, 0.1) is 23.7 Å². The van der Waals surface area contributed by atoms with E-state index in [2.05, 4.69) is 5.32 Å². The fourth-order valence-electron chi connectivity index (χ4n) is 11.9. The number of aromatic nitrogens is 1. The standard InChI is InChI=1S/C57H89N3O19/c1-15-42-57(10,69)48(64)32(4)44(61)30(2)27-55(8,70-13)49(78-53-46(63)41(59(11)12)25-31(3)74-53)33(5)47(34(6)52(67)76-42)77-43-28-56(9,71-14)50(35(7)75-43)79-54(68)58-21-16-22-72-23-24-73-37-19-20-40-38(26-37)45(62)39(51(65)66)29-60(40)36-17-18-36/h19-20,26,29-36,41-43,46-50,53,63-64,69H,15-18,21-25,27-28H2,1-14H3,(H,58,68)(H,65,66)/t30-,31-,32+,33+,34-,35+,41+,42-,43?,46-,47+,48-,49-,50+,53?,55-,56-,57-/m1/s1. The lowest BCUT2D eigenvalue weighted by Gasteiger charge is -2.50. The summed E-state index contributed by atoms with van der Waals surface area (Å²) in [5.74, 6) is -5.76. The highest BCUT2D eigenvalue weighted by atomic mass is 16.7. The molecule has 2 aromatic rings. The average molecular weight is 1120 g/mol. The van der Waals surface area contributed by atoms with Gasteiger partial charge in [0.05, 0.1) is 59.5 Å². The summed E-state index contributed by atoms with van der Waals surface area (Å²) >= 11 is 0. The van der Waals surface area contributed by atoms with E-state index in [9.17, 15) is 44.4 Å². The zero-order valence-corrected chi connectivity index (χ0v) is 48.6. The number of aliphatic hydroxyl groups excluding tert-OH is 2. The van der Waals surface area contributed by atoms with E-state index in [4.69, 9.17) is 47.4 Å². The highest BCUT2D eigenvalue weighted by Crippen LogP contribution is 2.43. The van der Waals surface area contributed by atoms with E-state index < -0.39 is 119 Å². The third-order valence-electron chi connectivity index (χ3n) is 16.9. The van der Waals surface area contributed by atoms with Crippen molar-refractivity contribution in [3.8, 4) is 5.75 Å². The van der Waals surface area contributed by atoms with Crippen LogP contribution in [0.2, 0.25) is 0 Å². The molecule has 0 bridgehead atoms. The number of nitrogens with one attached hydrogen (secondary N) is 1. The summed E-state index contributed by atoms with van der Waals surface area (Å²) in [5.41, 5.74) is -4.77. The van der Waals surface area contributed by atoms with E-state index in [1.54, 1.807) is 59.7 Å². The number of aliphatic hydroxyl groups is 3. The van der Waals surface area contributed by atoms with Crippen LogP contribution in [0.1, 0.15) is 131 Å². The van der Waals surface area contributed by atoms with Gasteiger partial charge in [0.25, 0.3) is 0 Å². The number of amides is 1. The number of methoxy groups -OCH3 is 2. The molecule has 18 atom stereocenters. The van der Waals surface area contributed by atoms with Crippen molar-refractivity contribution >= 4 is 34.7 Å². The lowest BCUT2D eigenvalue weighted by molar-refractivity contribution is -0.319. The molecule has 446 valence electrons. The first-order valence-corrected chi connectivity index (χ1v) is 27.9. The molecule has 1 amide bonds. The van der Waals surface area contributed by atoms with Crippen LogP contribution in [0.25, 0.3) is 10.9 Å². The van der Waals surface area contributed by atoms with Gasteiger partial charge in [-0.05, 0) is 112 Å². The molecular weight excluding hydrogens is 1030 g/mol. The Morgan fingerprint density at radius 1 is 0.886 bits per heavy atom. The first-order valence-electron chi connectivity index (χ1n) is 27.9. The fourth-order valence-corrected chi connectivity index (χ4v) is 11.9. The number of aromatic carboxylic acids is 1. The minimum atomic E-state index is -2.03. The number of benzene rings is 1. The van der Waals surface area contributed by atoms with Gasteiger partial charge in [0.1, 0.15) is 47.1 Å². The number of cyclic esters (lactones) is 1. The van der Waals surface area contributed by atoms with Crippen molar-refractivity contribution in [2.45, 2.75) is 204 Å². The van der Waals surface area contributed by atoms with Gasteiger partial charge < -0.3 is 82.6 Å². The van der Waals surface area contributed by atoms with Gasteiger partial charge in [0, 0.05) is 69.8 Å². The molecule has 1 saturated carbocycles. The number of likely N-dealkylation sites (N-methyl/N-ethyl adjacent to an activating group) is 1. The van der Waals surface area contributed by atoms with Gasteiger partial charge in [-0.3, -0.25) is 14.4 Å². The van der Waals surface area contributed by atoms with Crippen molar-refractivity contribution in [3.63, 3.8) is 0 Å². The van der Waals surface area contributed by atoms with E-state index in [0.29, 0.717) is 24.1 Å². The van der Waals surface area contributed by atoms with Crippen LogP contribution >= 0.6 is 0 Å². The normalized spacial score (nSPS) is 37.1. The maximum atomic E-state index is 14.6. The highest BCUT2D eigenvalue weighted by Gasteiger charge is 2.55. The zero-order chi connectivity index (χ0) is 58.5. The Kier molecular flexibility index (Phi) is 21.6. The van der Waals surface area contributed by atoms with E-state index in [1.165, 1.54) is 34.3 Å². The third-order valence-corrected chi connectivity index (χ3v) is 16.9. The average Bonchev–Trinajstić information content (AvgIpc) is 4.35. The number of hydrogen-bond acceptors (Lipinski definition) is 19. The number of carbonyl (C=O) groups excluding carboxylic acids is 3. The SMILES string of the molecule is CC[C@H]1OC(=O)[C@H](C)[C@@H](OC2C[C@@](C)(OC)[C@@H](OC(=O)NCCCOCCOc3ccc4c(c3)c(=O)c(C(=O)O)cn4C3CC3)[C@H](C)O2)[C@H](C)[C@@H](OC2O[C@H](C)C[C@H](N(C)C)[C@H]2O)[C@](C)(OC)C[C@@H](C)C(=O)[C@H](C)[C@@H](O)[C@]1(C)O. The number of ketones is 1. The number of carboxylic acid groups (broad SMARTS) is 1. The zero-order valence-electron chi connectivity index (χ0n) is 48.6. The fraction of sp³-hybridized carbons (Fsp3) is 0.772. The number of nitrogens with zero attached hydrogens (tertiary/aromatic N) is 2. The van der Waals surface area contributed by atoms with Crippen molar-refractivity contribution < 1.29 is 87.0 Å². The number of alkyl carbamates (subject to hydrolysis) is 1. The molecule has 6 rings (SSSR count). The minimum absolute atomic E-state index is 0.00917. The van der Waals surface area contributed by atoms with E-state index in [0.717, 1.165) is 12.8 Å². The molecule has 1 aromatic heterocycles. The highest BCUT2D eigenvalue weighted by molar-refractivity contribution is 5.93. The molecular formula is C57H89N3O19. The number of fused-ring (bicyclic) bond motifs is 1. The maximum absolute atomic E-state index is 14.6. The predicted octanol–water partition coefficient (Wildman–Crippen LogP) is 5.01. The number of esters is 1. The summed E-state index contributed by atoms with van der Waals surface area (Å²) < 4.78 is 64.5. The number of Topliss-reactive ketones (excluding diaryl/α,β-unsaturated/α-hetero) is 1. The van der Waals surface area contributed by atoms with Gasteiger partial charge in [0.2, 0.25) is 5.43 Å². The van der Waals surface area contributed by atoms with Crippen LogP contribution in [0.15, 0.2) is 29.2 Å². The van der Waals surface area contributed by atoms with Gasteiger partial charge in [-0.2, -0.15) is 0 Å². The number of carboxylic acids is 1. The Morgan fingerprint density at radius 2 is 1.56 bits per heavy atom. The molecule has 22 heteroatoms. The Bertz CT molecular complexity index is 2470. The van der Waals surface area contributed by atoms with Gasteiger partial charge in [-0.15, -0.1) is 0 Å². The monoisotopic (exact) mass is 1120 g/mol. The second-order valence-electron chi connectivity index (χ2n) is 23.2. The summed E-state index contributed by atoms with van der Waals surface area (Å²) in [7, 11) is 6.69. The molecule has 1 aliphatic carbocycles. The van der Waals surface area contributed by atoms with Crippen molar-refractivity contribution in [2.75, 3.05) is 54.7 Å². The largest absolute Gasteiger partial charge is 0.491 e. The van der Waals surface area contributed by atoms with Crippen molar-refractivity contribution in [3.05, 3.63) is 40.2 Å². The van der Waals surface area contributed by atoms with Crippen LogP contribution in [-0.2, 0) is 52.2 Å². The minimum Gasteiger partial charge on any atom is -0.491 e. The molecule has 4 heterocycles. The summed E-state index contributed by atoms with van der Waals surface area (Å²) in [5, 5.41) is 47.9. The van der Waals surface area contributed by atoms with Crippen molar-refractivity contribution in [2.24, 2.45) is 23.7 Å². The number of hydrogen-bond donors (Lipinski definition) is 5. The van der Waals surface area contributed by atoms with Gasteiger partial charge in [0.15, 0.2) is 18.7 Å². The van der Waals surface area contributed by atoms with Crippen molar-refractivity contribution in [1.82, 2.24) is 14.8 Å². The molecule has 5 N–H and O–H groups in total. The first-order chi connectivity index (χ1) is 37.1. The molecule has 3 saturated heterocycles. The predicted molar refractivity (Wildman–Crippen MR) is 288 cm³/mol. The summed E-state index contributed by atoms with van der Waals surface area (Å²) in [6.45, 7) is 17.7. The first kappa shape index (κ1) is 63.8. The molecule has 3 aliphatic heterocycles. The third kappa shape index (κ3) is 14.7. The molecule has 4 fully saturated rings. The lowest BCUT2D eigenvalue weighted by Crippen LogP contribution is -2.62. The number of rotatable bonds is 19. The molecule has 0 spiro atoms. The molecule has 1 aromatic carbocycles. The maximum Gasteiger partial charge on any atom is 0.407 e. The Morgan fingerprint density at radius 3 is 2.18 bits per heavy atom.